The summed E-state index contributed by atoms with van der Waals surface area (Å²) in [6, 6.07) is 9.76. The Bertz CT molecular complexity index is 986. The van der Waals surface area contributed by atoms with E-state index in [0.717, 1.165) is 26.8 Å². The number of ether oxygens (including phenoxy) is 1. The second kappa shape index (κ2) is 7.41. The highest BCUT2D eigenvalue weighted by molar-refractivity contribution is 9.10. The number of anilines is 2. The van der Waals surface area contributed by atoms with Crippen molar-refractivity contribution in [2.75, 3.05) is 5.32 Å². The fourth-order valence-corrected chi connectivity index (χ4v) is 3.12. The Morgan fingerprint density at radius 2 is 1.96 bits per heavy atom. The first-order valence-electron chi connectivity index (χ1n) is 8.35. The minimum Gasteiger partial charge on any atom is -0.459 e. The predicted octanol–water partition coefficient (Wildman–Crippen LogP) is 5.32. The van der Waals surface area contributed by atoms with Crippen molar-refractivity contribution in [3.8, 4) is 0 Å². The van der Waals surface area contributed by atoms with Gasteiger partial charge < -0.3 is 10.1 Å². The van der Waals surface area contributed by atoms with E-state index in [0.29, 0.717) is 16.9 Å². The Morgan fingerprint density at radius 1 is 1.19 bits per heavy atom. The number of nitrogens with zero attached hydrogens (tertiary/aromatic N) is 2. The van der Waals surface area contributed by atoms with Crippen molar-refractivity contribution >= 4 is 44.3 Å². The van der Waals surface area contributed by atoms with E-state index in [-0.39, 0.29) is 6.10 Å². The monoisotopic (exact) mass is 413 g/mol. The highest BCUT2D eigenvalue weighted by atomic mass is 79.9. The van der Waals surface area contributed by atoms with Gasteiger partial charge in [0.1, 0.15) is 5.56 Å². The molecule has 0 spiro atoms. The van der Waals surface area contributed by atoms with Crippen molar-refractivity contribution in [2.45, 2.75) is 33.8 Å². The van der Waals surface area contributed by atoms with E-state index in [4.69, 9.17) is 4.74 Å². The smallest absolute Gasteiger partial charge is 0.342 e. The molecule has 0 fully saturated rings. The number of carbonyl (C=O) groups excluding carboxylic acids is 1. The summed E-state index contributed by atoms with van der Waals surface area (Å²) in [4.78, 5) is 21.4. The second-order valence-electron chi connectivity index (χ2n) is 6.41. The number of carbonyl (C=O) groups is 1. The molecule has 3 aromatic rings. The predicted molar refractivity (Wildman–Crippen MR) is 107 cm³/mol. The molecular formula is C20H20BrN3O2. The average molecular weight is 414 g/mol. The molecule has 1 N–H and O–H groups in total. The zero-order chi connectivity index (χ0) is 18.8. The van der Waals surface area contributed by atoms with Gasteiger partial charge in [-0.25, -0.2) is 14.8 Å². The van der Waals surface area contributed by atoms with Crippen LogP contribution in [0, 0.1) is 13.8 Å². The van der Waals surface area contributed by atoms with Crippen LogP contribution in [0.1, 0.15) is 35.5 Å². The maximum absolute atomic E-state index is 12.6. The van der Waals surface area contributed by atoms with E-state index in [1.165, 1.54) is 6.20 Å². The molecule has 5 nitrogen and oxygen atoms in total. The largest absolute Gasteiger partial charge is 0.459 e. The topological polar surface area (TPSA) is 64.1 Å². The quantitative estimate of drug-likeness (QED) is 0.586. The lowest BCUT2D eigenvalue weighted by atomic mass is 10.1. The van der Waals surface area contributed by atoms with Gasteiger partial charge in [0.15, 0.2) is 5.65 Å². The van der Waals surface area contributed by atoms with Crippen LogP contribution >= 0.6 is 15.9 Å². The van der Waals surface area contributed by atoms with Gasteiger partial charge in [-0.2, -0.15) is 0 Å². The van der Waals surface area contributed by atoms with Crippen molar-refractivity contribution in [3.05, 3.63) is 57.8 Å². The summed E-state index contributed by atoms with van der Waals surface area (Å²) in [5, 5.41) is 4.16. The molecule has 0 aliphatic carbocycles. The van der Waals surface area contributed by atoms with Crippen molar-refractivity contribution in [3.63, 3.8) is 0 Å². The highest BCUT2D eigenvalue weighted by Gasteiger charge is 2.19. The average Bonchev–Trinajstić information content (AvgIpc) is 2.56. The number of hydrogen-bond donors (Lipinski definition) is 1. The number of fused-ring (bicyclic) bond motifs is 1. The van der Waals surface area contributed by atoms with Crippen LogP contribution in [-0.2, 0) is 4.74 Å². The second-order valence-corrected chi connectivity index (χ2v) is 7.32. The summed E-state index contributed by atoms with van der Waals surface area (Å²) in [7, 11) is 0. The number of halogens is 1. The Balaban J connectivity index is 2.16. The zero-order valence-electron chi connectivity index (χ0n) is 15.1. The number of esters is 1. The summed E-state index contributed by atoms with van der Waals surface area (Å²) in [6.07, 6.45) is 1.31. The molecule has 0 unspecified atom stereocenters. The molecule has 26 heavy (non-hydrogen) atoms. The molecule has 0 bridgehead atoms. The van der Waals surface area contributed by atoms with Crippen LogP contribution in [-0.4, -0.2) is 22.0 Å². The Kier molecular flexibility index (Phi) is 5.23. The Hall–Kier alpha value is -2.47. The Morgan fingerprint density at radius 3 is 2.65 bits per heavy atom. The third kappa shape index (κ3) is 3.85. The summed E-state index contributed by atoms with van der Waals surface area (Å²) in [5.41, 5.74) is 4.45. The zero-order valence-corrected chi connectivity index (χ0v) is 16.7. The van der Waals surface area contributed by atoms with Crippen LogP contribution in [0.25, 0.3) is 11.0 Å². The van der Waals surface area contributed by atoms with Gasteiger partial charge in [0, 0.05) is 27.4 Å². The van der Waals surface area contributed by atoms with Gasteiger partial charge in [-0.15, -0.1) is 0 Å². The van der Waals surface area contributed by atoms with Crippen LogP contribution in [0.4, 0.5) is 11.4 Å². The lowest BCUT2D eigenvalue weighted by molar-refractivity contribution is 0.0379. The van der Waals surface area contributed by atoms with E-state index >= 15 is 0 Å². The van der Waals surface area contributed by atoms with Crippen LogP contribution in [0.3, 0.4) is 0 Å². The van der Waals surface area contributed by atoms with Crippen LogP contribution in [0.5, 0.6) is 0 Å². The summed E-state index contributed by atoms with van der Waals surface area (Å²) < 4.78 is 6.39. The van der Waals surface area contributed by atoms with Crippen LogP contribution < -0.4 is 5.32 Å². The van der Waals surface area contributed by atoms with E-state index in [1.54, 1.807) is 0 Å². The number of pyridine rings is 2. The molecule has 2 aromatic heterocycles. The van der Waals surface area contributed by atoms with E-state index in [2.05, 4.69) is 31.2 Å². The maximum atomic E-state index is 12.6. The van der Waals surface area contributed by atoms with Crippen molar-refractivity contribution in [2.24, 2.45) is 0 Å². The SMILES string of the molecule is Cc1ccc2c(Nc3ccc(Br)cc3C)c(C(=O)OC(C)C)cnc2n1. The molecule has 0 aliphatic heterocycles. The molecule has 6 heteroatoms. The number of nitrogens with one attached hydrogen (secondary N) is 1. The molecule has 134 valence electrons. The number of aryl methyl sites for hydroxylation is 2. The van der Waals surface area contributed by atoms with E-state index in [1.807, 2.05) is 58.0 Å². The van der Waals surface area contributed by atoms with Gasteiger partial charge >= 0.3 is 5.97 Å². The van der Waals surface area contributed by atoms with Gasteiger partial charge in [0.25, 0.3) is 0 Å². The molecule has 0 saturated heterocycles. The first-order valence-corrected chi connectivity index (χ1v) is 9.15. The van der Waals surface area contributed by atoms with Gasteiger partial charge in [0.2, 0.25) is 0 Å². The minimum atomic E-state index is -0.410. The number of hydrogen-bond acceptors (Lipinski definition) is 5. The lowest BCUT2D eigenvalue weighted by Gasteiger charge is -2.16. The first kappa shape index (κ1) is 18.3. The molecular weight excluding hydrogens is 394 g/mol. The molecule has 3 rings (SSSR count). The standard InChI is InChI=1S/C20H20BrN3O2/c1-11(2)26-20(25)16-10-22-19-15(7-5-13(4)23-19)18(16)24-17-8-6-14(21)9-12(17)3/h5-11H,1-4H3,(H,22,23,24). The Labute approximate surface area is 160 Å². The number of benzene rings is 1. The van der Waals surface area contributed by atoms with Crippen LogP contribution in [0.2, 0.25) is 0 Å². The normalized spacial score (nSPS) is 11.0. The molecule has 0 atom stereocenters. The minimum absolute atomic E-state index is 0.211. The van der Waals surface area contributed by atoms with E-state index < -0.39 is 5.97 Å². The van der Waals surface area contributed by atoms with Crippen molar-refractivity contribution in [1.29, 1.82) is 0 Å². The molecule has 1 aromatic carbocycles. The third-order valence-electron chi connectivity index (χ3n) is 3.88. The number of aromatic nitrogens is 2. The highest BCUT2D eigenvalue weighted by Crippen LogP contribution is 2.31. The molecule has 2 heterocycles. The summed E-state index contributed by atoms with van der Waals surface area (Å²) in [5.74, 6) is -0.410. The van der Waals surface area contributed by atoms with Gasteiger partial charge in [-0.05, 0) is 63.6 Å². The molecule has 0 saturated carbocycles. The molecule has 0 radical (unpaired) electrons. The molecule has 0 amide bonds. The lowest BCUT2D eigenvalue weighted by Crippen LogP contribution is -2.14. The number of rotatable bonds is 4. The van der Waals surface area contributed by atoms with Gasteiger partial charge in [-0.3, -0.25) is 0 Å². The van der Waals surface area contributed by atoms with E-state index in [9.17, 15) is 4.79 Å². The van der Waals surface area contributed by atoms with Gasteiger partial charge in [0.05, 0.1) is 11.8 Å². The van der Waals surface area contributed by atoms with Crippen molar-refractivity contribution in [1.82, 2.24) is 9.97 Å². The first-order chi connectivity index (χ1) is 12.3. The fraction of sp³-hybridized carbons (Fsp3) is 0.250. The van der Waals surface area contributed by atoms with Crippen LogP contribution in [0.15, 0.2) is 41.0 Å². The fourth-order valence-electron chi connectivity index (χ4n) is 2.64. The van der Waals surface area contributed by atoms with Crippen molar-refractivity contribution < 1.29 is 9.53 Å². The summed E-state index contributed by atoms with van der Waals surface area (Å²) in [6.45, 7) is 7.56. The van der Waals surface area contributed by atoms with Gasteiger partial charge in [-0.1, -0.05) is 15.9 Å². The third-order valence-corrected chi connectivity index (χ3v) is 4.37. The maximum Gasteiger partial charge on any atom is 0.342 e. The summed E-state index contributed by atoms with van der Waals surface area (Å²) >= 11 is 3.47. The molecule has 0 aliphatic rings.